The van der Waals surface area contributed by atoms with Gasteiger partial charge in [-0.1, -0.05) is 5.06 Å². The quantitative estimate of drug-likeness (QED) is 0.445. The average Bonchev–Trinajstić information content (AvgIpc) is 2.14. The second-order valence-corrected chi connectivity index (χ2v) is 2.89. The molecule has 0 fully saturated rings. The molecule has 10 heavy (non-hydrogen) atoms. The third kappa shape index (κ3) is 2.50. The summed E-state index contributed by atoms with van der Waals surface area (Å²) in [5.41, 5.74) is 0.991. The normalized spacial score (nSPS) is 8.60. The predicted molar refractivity (Wildman–Crippen MR) is 38.1 cm³/mol. The first-order chi connectivity index (χ1) is 4.20. The van der Waals surface area contributed by atoms with Gasteiger partial charge in [0, 0.05) is 25.2 Å². The summed E-state index contributed by atoms with van der Waals surface area (Å²) in [5, 5.41) is 12.6. The van der Waals surface area contributed by atoms with Crippen LogP contribution in [0.5, 0.6) is 5.06 Å². The van der Waals surface area contributed by atoms with Crippen LogP contribution in [-0.4, -0.2) is 14.1 Å². The van der Waals surface area contributed by atoms with Crippen LogP contribution < -0.4 is 39.6 Å². The van der Waals surface area contributed by atoms with Gasteiger partial charge in [-0.05, 0) is 6.07 Å². The molecule has 0 saturated heterocycles. The van der Waals surface area contributed by atoms with Crippen LogP contribution in [0.15, 0.2) is 11.4 Å². The van der Waals surface area contributed by atoms with Gasteiger partial charge in [-0.3, -0.25) is 0 Å². The van der Waals surface area contributed by atoms with Crippen LogP contribution in [0.25, 0.3) is 0 Å². The van der Waals surface area contributed by atoms with E-state index in [1.165, 1.54) is 11.3 Å². The van der Waals surface area contributed by atoms with Gasteiger partial charge in [0.2, 0.25) is 0 Å². The Bertz CT molecular complexity index is 199. The van der Waals surface area contributed by atoms with Gasteiger partial charge in [-0.15, -0.1) is 0 Å². The molecule has 0 N–H and O–H groups in total. The fourth-order valence-electron chi connectivity index (χ4n) is 0.542. The molecule has 0 aliphatic rings. The van der Waals surface area contributed by atoms with Crippen LogP contribution in [0.4, 0.5) is 5.69 Å². The zero-order chi connectivity index (χ0) is 6.85. The van der Waals surface area contributed by atoms with Crippen molar-refractivity contribution in [3.05, 3.63) is 11.4 Å². The van der Waals surface area contributed by atoms with E-state index in [1.54, 1.807) is 6.07 Å². The molecule has 0 aliphatic heterocycles. The molecule has 0 atom stereocenters. The molecule has 0 radical (unpaired) electrons. The van der Waals surface area contributed by atoms with E-state index in [4.69, 9.17) is 0 Å². The minimum absolute atomic E-state index is 0. The number of rotatable bonds is 1. The molecule has 0 aliphatic carbocycles. The Hall–Kier alpha value is 0.300. The molecule has 1 aromatic rings. The summed E-state index contributed by atoms with van der Waals surface area (Å²) in [6.07, 6.45) is 0. The van der Waals surface area contributed by atoms with Gasteiger partial charge < -0.3 is 10.0 Å². The third-order valence-corrected chi connectivity index (χ3v) is 1.79. The van der Waals surface area contributed by atoms with Crippen LogP contribution in [0.1, 0.15) is 0 Å². The van der Waals surface area contributed by atoms with E-state index in [1.807, 2.05) is 24.4 Å². The van der Waals surface area contributed by atoms with Crippen molar-refractivity contribution in [1.29, 1.82) is 0 Å². The van der Waals surface area contributed by atoms with Crippen molar-refractivity contribution in [1.82, 2.24) is 0 Å². The Labute approximate surface area is 86.8 Å². The van der Waals surface area contributed by atoms with Crippen molar-refractivity contribution in [2.24, 2.45) is 0 Å². The van der Waals surface area contributed by atoms with Gasteiger partial charge in [0.25, 0.3) is 0 Å². The van der Waals surface area contributed by atoms with Crippen LogP contribution in [0.3, 0.4) is 0 Å². The fourth-order valence-corrected chi connectivity index (χ4v) is 1.25. The standard InChI is InChI=1S/C6H9NOS.Na/c1-7(2)5-3-6(8)9-4-5;/h3-4,8H,1-2H3;/q;+1/p-1. The SMILES string of the molecule is CN(C)c1csc([O-])c1.[Na+]. The smallest absolute Gasteiger partial charge is 0.865 e. The second kappa shape index (κ2) is 4.23. The van der Waals surface area contributed by atoms with Crippen molar-refractivity contribution < 1.29 is 34.7 Å². The molecule has 1 heterocycles. The van der Waals surface area contributed by atoms with E-state index < -0.39 is 0 Å². The minimum Gasteiger partial charge on any atom is -0.865 e. The van der Waals surface area contributed by atoms with E-state index in [0.717, 1.165) is 5.69 Å². The molecule has 1 aromatic heterocycles. The molecule has 0 saturated carbocycles. The van der Waals surface area contributed by atoms with E-state index in [9.17, 15) is 5.11 Å². The van der Waals surface area contributed by atoms with Crippen LogP contribution in [-0.2, 0) is 0 Å². The van der Waals surface area contributed by atoms with Gasteiger partial charge in [-0.2, -0.15) is 11.3 Å². The number of thiophene rings is 1. The summed E-state index contributed by atoms with van der Waals surface area (Å²) in [6.45, 7) is 0. The van der Waals surface area contributed by atoms with Gasteiger partial charge in [0.05, 0.1) is 0 Å². The maximum absolute atomic E-state index is 10.6. The molecule has 1 rings (SSSR count). The topological polar surface area (TPSA) is 26.3 Å². The van der Waals surface area contributed by atoms with Gasteiger partial charge >= 0.3 is 29.6 Å². The van der Waals surface area contributed by atoms with Crippen LogP contribution in [0, 0.1) is 0 Å². The molecular weight excluding hydrogens is 157 g/mol. The van der Waals surface area contributed by atoms with Crippen molar-refractivity contribution >= 4 is 17.0 Å². The Morgan fingerprint density at radius 3 is 2.30 bits per heavy atom. The van der Waals surface area contributed by atoms with Crippen LogP contribution >= 0.6 is 11.3 Å². The van der Waals surface area contributed by atoms with Gasteiger partial charge in [0.15, 0.2) is 0 Å². The molecule has 0 aromatic carbocycles. The summed E-state index contributed by atoms with van der Waals surface area (Å²) in [4.78, 5) is 1.91. The van der Waals surface area contributed by atoms with Gasteiger partial charge in [-0.25, -0.2) is 0 Å². The summed E-state index contributed by atoms with van der Waals surface area (Å²) in [5.74, 6) is 0. The molecule has 4 heteroatoms. The number of nitrogens with zero attached hydrogens (tertiary/aromatic N) is 1. The summed E-state index contributed by atoms with van der Waals surface area (Å²) in [7, 11) is 3.84. The zero-order valence-corrected chi connectivity index (χ0v) is 9.23. The number of anilines is 1. The zero-order valence-electron chi connectivity index (χ0n) is 6.42. The van der Waals surface area contributed by atoms with E-state index in [-0.39, 0.29) is 34.6 Å². The molecule has 50 valence electrons. The van der Waals surface area contributed by atoms with E-state index >= 15 is 0 Å². The maximum Gasteiger partial charge on any atom is 1.00 e. The van der Waals surface area contributed by atoms with Crippen molar-refractivity contribution in [3.8, 4) is 5.06 Å². The van der Waals surface area contributed by atoms with Gasteiger partial charge in [0.1, 0.15) is 0 Å². The maximum atomic E-state index is 10.6. The Balaban J connectivity index is 0.000000810. The molecule has 2 nitrogen and oxygen atoms in total. The predicted octanol–water partition coefficient (Wildman–Crippen LogP) is -2.11. The molecule has 0 amide bonds. The first-order valence-electron chi connectivity index (χ1n) is 2.63. The Morgan fingerprint density at radius 2 is 2.10 bits per heavy atom. The second-order valence-electron chi connectivity index (χ2n) is 2.02. The van der Waals surface area contributed by atoms with Crippen molar-refractivity contribution in [2.45, 2.75) is 0 Å². The first-order valence-corrected chi connectivity index (χ1v) is 3.51. The number of hydrogen-bond donors (Lipinski definition) is 0. The van der Waals surface area contributed by atoms with Crippen LogP contribution in [0.2, 0.25) is 0 Å². The fraction of sp³-hybridized carbons (Fsp3) is 0.333. The average molecular weight is 165 g/mol. The minimum atomic E-state index is 0. The molecular formula is C6H8NNaOS. The monoisotopic (exact) mass is 165 g/mol. The van der Waals surface area contributed by atoms with E-state index in [0.29, 0.717) is 0 Å². The molecule has 0 spiro atoms. The third-order valence-electron chi connectivity index (χ3n) is 1.08. The summed E-state index contributed by atoms with van der Waals surface area (Å²) >= 11 is 1.24. The summed E-state index contributed by atoms with van der Waals surface area (Å²) < 4.78 is 0. The molecule has 0 unspecified atom stereocenters. The Morgan fingerprint density at radius 1 is 1.50 bits per heavy atom. The van der Waals surface area contributed by atoms with Crippen molar-refractivity contribution in [2.75, 3.05) is 19.0 Å². The molecule has 0 bridgehead atoms. The van der Waals surface area contributed by atoms with E-state index in [2.05, 4.69) is 0 Å². The Kier molecular flexibility index (Phi) is 4.36. The summed E-state index contributed by atoms with van der Waals surface area (Å²) in [6, 6.07) is 1.63. The number of hydrogen-bond acceptors (Lipinski definition) is 3. The first kappa shape index (κ1) is 10.3. The van der Waals surface area contributed by atoms with Crippen molar-refractivity contribution in [3.63, 3.8) is 0 Å². The largest absolute Gasteiger partial charge is 1.00 e.